The standard InChI is InChI=1S/C8H20N.C6H12N4.C6H15NO.C6H12O2.C6H10O2/c1-8(2)6-7-9(3,4)5;1-5(2)3-4-6-7-9-10-8-6;1-5(2)3-6(7)4-8;2*1-5(2)3-4-6(7)8/h8H,6-7H2,1-5H3;5H,3-4H2,1-2H3,(H,7,8,9,10);5-6,8H,3-4,7H2,1-2H3;5H,3-4H2,1-2H3,(H,7,8);3-5H,1-2H3,(H,7,8)/q+1;;;;/b;;;;4-3+. The third kappa shape index (κ3) is 56.1. The van der Waals surface area contributed by atoms with E-state index in [1.165, 1.54) is 13.0 Å². The van der Waals surface area contributed by atoms with Crippen molar-refractivity contribution in [3.63, 3.8) is 0 Å². The Kier molecular flexibility index (Phi) is 32.8. The van der Waals surface area contributed by atoms with Gasteiger partial charge in [-0.1, -0.05) is 80.5 Å². The van der Waals surface area contributed by atoms with E-state index < -0.39 is 11.9 Å². The van der Waals surface area contributed by atoms with E-state index in [1.807, 2.05) is 27.7 Å². The summed E-state index contributed by atoms with van der Waals surface area (Å²) in [6.07, 6.45) is 8.19. The molecule has 0 amide bonds. The van der Waals surface area contributed by atoms with Crippen molar-refractivity contribution in [1.29, 1.82) is 0 Å². The summed E-state index contributed by atoms with van der Waals surface area (Å²) < 4.78 is 1.10. The molecule has 0 aromatic carbocycles. The van der Waals surface area contributed by atoms with E-state index in [2.05, 4.69) is 83.3 Å². The highest BCUT2D eigenvalue weighted by molar-refractivity contribution is 5.79. The summed E-state index contributed by atoms with van der Waals surface area (Å²) in [7, 11) is 6.72. The number of carbonyl (C=O) groups is 2. The Labute approximate surface area is 263 Å². The van der Waals surface area contributed by atoms with E-state index in [-0.39, 0.29) is 12.6 Å². The second kappa shape index (κ2) is 29.7. The lowest BCUT2D eigenvalue weighted by atomic mass is 10.1. The number of hydrogen-bond acceptors (Lipinski definition) is 7. The van der Waals surface area contributed by atoms with Gasteiger partial charge in [0.15, 0.2) is 5.82 Å². The lowest BCUT2D eigenvalue weighted by Crippen LogP contribution is -2.35. The van der Waals surface area contributed by atoms with Gasteiger partial charge in [0.05, 0.1) is 34.3 Å². The molecule has 0 radical (unpaired) electrons. The molecule has 0 fully saturated rings. The number of carboxylic acids is 2. The van der Waals surface area contributed by atoms with Gasteiger partial charge in [0.2, 0.25) is 0 Å². The van der Waals surface area contributed by atoms with Gasteiger partial charge in [0, 0.05) is 25.0 Å². The number of hydrogen-bond donors (Lipinski definition) is 5. The van der Waals surface area contributed by atoms with Crippen LogP contribution in [0.1, 0.15) is 107 Å². The first-order valence-corrected chi connectivity index (χ1v) is 15.6. The van der Waals surface area contributed by atoms with Crippen molar-refractivity contribution in [2.75, 3.05) is 34.3 Å². The number of aliphatic carboxylic acids is 2. The minimum absolute atomic E-state index is 0.0185. The summed E-state index contributed by atoms with van der Waals surface area (Å²) in [5.41, 5.74) is 5.42. The van der Waals surface area contributed by atoms with Crippen molar-refractivity contribution in [3.8, 4) is 0 Å². The van der Waals surface area contributed by atoms with Crippen molar-refractivity contribution in [1.82, 2.24) is 20.6 Å². The van der Waals surface area contributed by atoms with Gasteiger partial charge in [0.1, 0.15) is 0 Å². The van der Waals surface area contributed by atoms with Gasteiger partial charge >= 0.3 is 11.9 Å². The molecule has 1 aromatic heterocycles. The zero-order valence-electron chi connectivity index (χ0n) is 29.8. The van der Waals surface area contributed by atoms with E-state index >= 15 is 0 Å². The van der Waals surface area contributed by atoms with Crippen LogP contribution < -0.4 is 5.73 Å². The Hall–Kier alpha value is -2.37. The van der Waals surface area contributed by atoms with Gasteiger partial charge in [-0.2, -0.15) is 5.21 Å². The fourth-order valence-corrected chi connectivity index (χ4v) is 2.72. The van der Waals surface area contributed by atoms with Crippen LogP contribution in [-0.4, -0.2) is 92.7 Å². The molecule has 43 heavy (non-hydrogen) atoms. The number of nitrogens with two attached hydrogens (primary N) is 1. The third-order valence-corrected chi connectivity index (χ3v) is 5.28. The van der Waals surface area contributed by atoms with Crippen LogP contribution in [0, 0.1) is 29.6 Å². The SMILES string of the molecule is CC(C)/C=C/C(=O)O.CC(C)CC(N)CO.CC(C)CCC(=O)O.CC(C)CC[N+](C)(C)C.CC(C)CCc1nn[nH]n1. The predicted octanol–water partition coefficient (Wildman–Crippen LogP) is 5.67. The Bertz CT molecular complexity index is 774. The van der Waals surface area contributed by atoms with Crippen molar-refractivity contribution >= 4 is 11.9 Å². The number of aromatic nitrogens is 4. The lowest BCUT2D eigenvalue weighted by molar-refractivity contribution is -0.870. The Morgan fingerprint density at radius 3 is 1.58 bits per heavy atom. The molecule has 11 heteroatoms. The van der Waals surface area contributed by atoms with Crippen LogP contribution in [0.5, 0.6) is 0 Å². The molecule has 1 unspecified atom stereocenters. The highest BCUT2D eigenvalue weighted by atomic mass is 16.4. The first-order chi connectivity index (χ1) is 19.6. The molecule has 256 valence electrons. The lowest BCUT2D eigenvalue weighted by Gasteiger charge is -2.24. The molecule has 1 heterocycles. The summed E-state index contributed by atoms with van der Waals surface area (Å²) in [6.45, 7) is 22.4. The fourth-order valence-electron chi connectivity index (χ4n) is 2.72. The summed E-state index contributed by atoms with van der Waals surface area (Å²) in [6, 6.07) is -0.0185. The van der Waals surface area contributed by atoms with E-state index in [1.54, 1.807) is 6.08 Å². The van der Waals surface area contributed by atoms with Gasteiger partial charge < -0.3 is 25.5 Å². The fraction of sp³-hybridized carbons (Fsp3) is 0.844. The van der Waals surface area contributed by atoms with Crippen molar-refractivity contribution in [3.05, 3.63) is 18.0 Å². The normalized spacial score (nSPS) is 11.7. The number of tetrazole rings is 1. The molecular formula is C32H69N6O5+. The van der Waals surface area contributed by atoms with Gasteiger partial charge in [-0.3, -0.25) is 4.79 Å². The molecule has 6 N–H and O–H groups in total. The zero-order chi connectivity index (χ0) is 34.6. The highest BCUT2D eigenvalue weighted by Crippen LogP contribution is 2.04. The van der Waals surface area contributed by atoms with Crippen LogP contribution in [0.2, 0.25) is 0 Å². The van der Waals surface area contributed by atoms with E-state index in [0.717, 1.165) is 48.0 Å². The maximum absolute atomic E-state index is 9.90. The molecule has 0 aliphatic heterocycles. The zero-order valence-corrected chi connectivity index (χ0v) is 29.8. The van der Waals surface area contributed by atoms with Gasteiger partial charge in [0.25, 0.3) is 0 Å². The molecule has 11 nitrogen and oxygen atoms in total. The number of quaternary nitrogens is 1. The quantitative estimate of drug-likeness (QED) is 0.130. The first kappa shape index (κ1) is 47.6. The summed E-state index contributed by atoms with van der Waals surface area (Å²) >= 11 is 0. The van der Waals surface area contributed by atoms with E-state index in [0.29, 0.717) is 30.1 Å². The minimum Gasteiger partial charge on any atom is -0.481 e. The molecule has 1 atom stereocenters. The largest absolute Gasteiger partial charge is 0.481 e. The van der Waals surface area contributed by atoms with Crippen LogP contribution in [0.15, 0.2) is 12.2 Å². The van der Waals surface area contributed by atoms with Crippen molar-refractivity contribution in [2.45, 2.75) is 114 Å². The predicted molar refractivity (Wildman–Crippen MR) is 178 cm³/mol. The molecule has 1 aromatic rings. The van der Waals surface area contributed by atoms with Gasteiger partial charge in [-0.15, -0.1) is 10.2 Å². The number of aryl methyl sites for hydroxylation is 1. The molecular weight excluding hydrogens is 548 g/mol. The number of rotatable bonds is 14. The summed E-state index contributed by atoms with van der Waals surface area (Å²) in [4.78, 5) is 19.7. The Balaban J connectivity index is -0.000000222. The van der Waals surface area contributed by atoms with E-state index in [9.17, 15) is 9.59 Å². The van der Waals surface area contributed by atoms with Crippen molar-refractivity contribution in [2.24, 2.45) is 35.3 Å². The molecule has 0 saturated heterocycles. The van der Waals surface area contributed by atoms with Crippen LogP contribution >= 0.6 is 0 Å². The molecule has 0 spiro atoms. The molecule has 0 bridgehead atoms. The average Bonchev–Trinajstić information content (AvgIpc) is 3.38. The van der Waals surface area contributed by atoms with Gasteiger partial charge in [-0.05, 0) is 55.3 Å². The van der Waals surface area contributed by atoms with Crippen LogP contribution in [0.4, 0.5) is 0 Å². The maximum Gasteiger partial charge on any atom is 0.327 e. The molecule has 0 saturated carbocycles. The minimum atomic E-state index is -0.876. The van der Waals surface area contributed by atoms with E-state index in [4.69, 9.17) is 21.1 Å². The number of nitrogens with one attached hydrogen (secondary N) is 1. The third-order valence-electron chi connectivity index (χ3n) is 5.28. The molecule has 0 aliphatic carbocycles. The topological polar surface area (TPSA) is 175 Å². The maximum atomic E-state index is 9.90. The number of aliphatic hydroxyl groups excluding tert-OH is 1. The van der Waals surface area contributed by atoms with Crippen LogP contribution in [-0.2, 0) is 16.0 Å². The number of carboxylic acid groups (broad SMARTS) is 2. The summed E-state index contributed by atoms with van der Waals surface area (Å²) in [5.74, 6) is 2.22. The smallest absolute Gasteiger partial charge is 0.327 e. The Morgan fingerprint density at radius 1 is 0.860 bits per heavy atom. The second-order valence-corrected chi connectivity index (χ2v) is 13.8. The van der Waals surface area contributed by atoms with Crippen LogP contribution in [0.25, 0.3) is 0 Å². The highest BCUT2D eigenvalue weighted by Gasteiger charge is 2.06. The first-order valence-electron chi connectivity index (χ1n) is 15.6. The molecule has 0 aliphatic rings. The van der Waals surface area contributed by atoms with Crippen molar-refractivity contribution < 1.29 is 29.4 Å². The monoisotopic (exact) mass is 618 g/mol. The number of nitrogens with zero attached hydrogens (tertiary/aromatic N) is 4. The number of H-pyrrole nitrogens is 1. The summed E-state index contributed by atoms with van der Waals surface area (Å²) in [5, 5.41) is 38.3. The number of aromatic amines is 1. The number of allylic oxidation sites excluding steroid dienone is 1. The Morgan fingerprint density at radius 2 is 1.37 bits per heavy atom. The number of aliphatic hydroxyl groups is 1. The molecule has 1 rings (SSSR count). The van der Waals surface area contributed by atoms with Gasteiger partial charge in [-0.25, -0.2) is 4.79 Å². The second-order valence-electron chi connectivity index (χ2n) is 13.8. The van der Waals surface area contributed by atoms with Crippen LogP contribution in [0.3, 0.4) is 0 Å². The average molecular weight is 618 g/mol.